The molecule has 0 aliphatic carbocycles. The van der Waals surface area contributed by atoms with Gasteiger partial charge in [-0.25, -0.2) is 4.68 Å². The van der Waals surface area contributed by atoms with Gasteiger partial charge in [0.1, 0.15) is 11.4 Å². The van der Waals surface area contributed by atoms with Crippen LogP contribution in [0.15, 0.2) is 29.1 Å². The normalized spacial score (nSPS) is 16.4. The second kappa shape index (κ2) is 7.42. The van der Waals surface area contributed by atoms with E-state index in [1.165, 1.54) is 25.0 Å². The Hall–Kier alpha value is -3.10. The molecule has 1 aliphatic heterocycles. The zero-order valence-corrected chi connectivity index (χ0v) is 14.9. The number of methoxy groups -OCH3 is 2. The van der Waals surface area contributed by atoms with Gasteiger partial charge in [-0.05, 0) is 18.6 Å². The summed E-state index contributed by atoms with van der Waals surface area (Å²) in [4.78, 5) is 30.2. The molecule has 2 aromatic heterocycles. The number of nitrogens with zero attached hydrogens (tertiary/aromatic N) is 4. The van der Waals surface area contributed by atoms with Crippen LogP contribution >= 0.6 is 0 Å². The van der Waals surface area contributed by atoms with Gasteiger partial charge in [0.15, 0.2) is 0 Å². The van der Waals surface area contributed by atoms with Crippen LogP contribution in [0.3, 0.4) is 0 Å². The number of pyridine rings is 1. The molecule has 1 saturated heterocycles. The van der Waals surface area contributed by atoms with Gasteiger partial charge in [0, 0.05) is 38.3 Å². The van der Waals surface area contributed by atoms with Crippen molar-refractivity contribution in [3.63, 3.8) is 0 Å². The molecule has 0 bridgehead atoms. The fraction of sp³-hybridized carbons (Fsp3) is 0.412. The lowest BCUT2D eigenvalue weighted by Crippen LogP contribution is -2.37. The molecular formula is C17H21N5O4. The highest BCUT2D eigenvalue weighted by molar-refractivity contribution is 5.96. The molecule has 0 saturated carbocycles. The number of anilines is 1. The molecule has 1 amide bonds. The molecule has 2 aromatic rings. The van der Waals surface area contributed by atoms with Gasteiger partial charge in [-0.2, -0.15) is 10.1 Å². The Labute approximate surface area is 150 Å². The second-order valence-corrected chi connectivity index (χ2v) is 5.97. The van der Waals surface area contributed by atoms with E-state index in [1.807, 2.05) is 4.90 Å². The topological polar surface area (TPSA) is 98.6 Å². The molecule has 1 aliphatic rings. The van der Waals surface area contributed by atoms with Crippen molar-refractivity contribution in [2.24, 2.45) is 7.05 Å². The third-order valence-corrected chi connectivity index (χ3v) is 4.28. The van der Waals surface area contributed by atoms with Crippen molar-refractivity contribution >= 4 is 11.7 Å². The van der Waals surface area contributed by atoms with Crippen molar-refractivity contribution in [3.05, 3.63) is 40.2 Å². The minimum atomic E-state index is -0.253. The maximum Gasteiger partial charge on any atom is 0.266 e. The largest absolute Gasteiger partial charge is 0.481 e. The van der Waals surface area contributed by atoms with Crippen LogP contribution < -0.4 is 25.2 Å². The molecular weight excluding hydrogens is 338 g/mol. The third-order valence-electron chi connectivity index (χ3n) is 4.28. The van der Waals surface area contributed by atoms with Gasteiger partial charge in [-0.15, -0.1) is 0 Å². The smallest absolute Gasteiger partial charge is 0.266 e. The van der Waals surface area contributed by atoms with Crippen molar-refractivity contribution < 1.29 is 14.3 Å². The lowest BCUT2D eigenvalue weighted by Gasteiger charge is -2.18. The van der Waals surface area contributed by atoms with Gasteiger partial charge in [0.25, 0.3) is 11.5 Å². The first-order valence-corrected chi connectivity index (χ1v) is 8.21. The SMILES string of the molecule is COc1ccc(C(=O)NC2CCN(c3ccc(=O)n(C)n3)C2)c(OC)n1. The highest BCUT2D eigenvalue weighted by Gasteiger charge is 2.26. The Morgan fingerprint density at radius 1 is 1.23 bits per heavy atom. The Bertz CT molecular complexity index is 866. The number of nitrogens with one attached hydrogen (secondary N) is 1. The molecule has 1 unspecified atom stereocenters. The minimum absolute atomic E-state index is 0.0339. The first-order chi connectivity index (χ1) is 12.5. The summed E-state index contributed by atoms with van der Waals surface area (Å²) in [7, 11) is 4.58. The predicted octanol–water partition coefficient (Wildman–Crippen LogP) is 0.201. The Balaban J connectivity index is 1.67. The molecule has 0 spiro atoms. The summed E-state index contributed by atoms with van der Waals surface area (Å²) < 4.78 is 11.5. The van der Waals surface area contributed by atoms with Gasteiger partial charge in [-0.3, -0.25) is 9.59 Å². The highest BCUT2D eigenvalue weighted by atomic mass is 16.5. The zero-order valence-electron chi connectivity index (χ0n) is 14.9. The molecule has 0 radical (unpaired) electrons. The van der Waals surface area contributed by atoms with Gasteiger partial charge in [0.2, 0.25) is 11.8 Å². The molecule has 1 fully saturated rings. The van der Waals surface area contributed by atoms with Crippen LogP contribution in [0.25, 0.3) is 0 Å². The first-order valence-electron chi connectivity index (χ1n) is 8.21. The highest BCUT2D eigenvalue weighted by Crippen LogP contribution is 2.21. The van der Waals surface area contributed by atoms with Gasteiger partial charge >= 0.3 is 0 Å². The molecule has 0 aromatic carbocycles. The third kappa shape index (κ3) is 3.61. The maximum atomic E-state index is 12.6. The number of amides is 1. The fourth-order valence-corrected chi connectivity index (χ4v) is 2.87. The lowest BCUT2D eigenvalue weighted by atomic mass is 10.2. The molecule has 26 heavy (non-hydrogen) atoms. The molecule has 1 N–H and O–H groups in total. The van der Waals surface area contributed by atoms with Crippen LogP contribution in [0, 0.1) is 0 Å². The zero-order chi connectivity index (χ0) is 18.7. The summed E-state index contributed by atoms with van der Waals surface area (Å²) in [5.74, 6) is 1.06. The molecule has 1 atom stereocenters. The minimum Gasteiger partial charge on any atom is -0.481 e. The van der Waals surface area contributed by atoms with Crippen molar-refractivity contribution in [1.29, 1.82) is 0 Å². The number of aromatic nitrogens is 3. The number of rotatable bonds is 5. The number of carbonyl (C=O) groups excluding carboxylic acids is 1. The second-order valence-electron chi connectivity index (χ2n) is 5.97. The summed E-state index contributed by atoms with van der Waals surface area (Å²) >= 11 is 0. The van der Waals surface area contributed by atoms with E-state index in [1.54, 1.807) is 25.2 Å². The number of aryl methyl sites for hydroxylation is 1. The van der Waals surface area contributed by atoms with Crippen LogP contribution in [-0.2, 0) is 7.05 Å². The van der Waals surface area contributed by atoms with Crippen molar-refractivity contribution in [3.8, 4) is 11.8 Å². The molecule has 9 heteroatoms. The Kier molecular flexibility index (Phi) is 5.06. The average molecular weight is 359 g/mol. The quantitative estimate of drug-likeness (QED) is 0.814. The summed E-state index contributed by atoms with van der Waals surface area (Å²) in [6, 6.07) is 6.40. The van der Waals surface area contributed by atoms with E-state index in [9.17, 15) is 9.59 Å². The summed E-state index contributed by atoms with van der Waals surface area (Å²) in [6.45, 7) is 1.36. The lowest BCUT2D eigenvalue weighted by molar-refractivity contribution is 0.0936. The Morgan fingerprint density at radius 2 is 2.04 bits per heavy atom. The molecule has 9 nitrogen and oxygen atoms in total. The summed E-state index contributed by atoms with van der Waals surface area (Å²) in [6.07, 6.45) is 0.780. The monoisotopic (exact) mass is 359 g/mol. The van der Waals surface area contributed by atoms with E-state index >= 15 is 0 Å². The van der Waals surface area contributed by atoms with Crippen molar-refractivity contribution in [1.82, 2.24) is 20.1 Å². The Morgan fingerprint density at radius 3 is 2.73 bits per heavy atom. The van der Waals surface area contributed by atoms with Crippen LogP contribution in [0.2, 0.25) is 0 Å². The number of hydrogen-bond donors (Lipinski definition) is 1. The summed E-state index contributed by atoms with van der Waals surface area (Å²) in [5, 5.41) is 7.24. The van der Waals surface area contributed by atoms with E-state index in [0.717, 1.165) is 13.0 Å². The standard InChI is InChI=1S/C17H21N5O4/c1-21-15(23)7-5-13(20-21)22-9-8-11(10-22)18-16(24)12-4-6-14(25-2)19-17(12)26-3/h4-7,11H,8-10H2,1-3H3,(H,18,24). The van der Waals surface area contributed by atoms with Gasteiger partial charge in [0.05, 0.1) is 14.2 Å². The van der Waals surface area contributed by atoms with Gasteiger partial charge in [-0.1, -0.05) is 0 Å². The van der Waals surface area contributed by atoms with Crippen LogP contribution in [-0.4, -0.2) is 54.0 Å². The average Bonchev–Trinajstić information content (AvgIpc) is 3.11. The molecule has 3 rings (SSSR count). The number of carbonyl (C=O) groups is 1. The van der Waals surface area contributed by atoms with Crippen LogP contribution in [0.1, 0.15) is 16.8 Å². The predicted molar refractivity (Wildman–Crippen MR) is 94.9 cm³/mol. The summed E-state index contributed by atoms with van der Waals surface area (Å²) in [5.41, 5.74) is 0.198. The molecule has 138 valence electrons. The van der Waals surface area contributed by atoms with E-state index < -0.39 is 0 Å². The van der Waals surface area contributed by atoms with Crippen LogP contribution in [0.5, 0.6) is 11.8 Å². The van der Waals surface area contributed by atoms with Gasteiger partial charge < -0.3 is 19.7 Å². The maximum absolute atomic E-state index is 12.6. The van der Waals surface area contributed by atoms with Crippen molar-refractivity contribution in [2.45, 2.75) is 12.5 Å². The first kappa shape index (κ1) is 17.7. The number of ether oxygens (including phenoxy) is 2. The van der Waals surface area contributed by atoms with E-state index in [0.29, 0.717) is 23.8 Å². The van der Waals surface area contributed by atoms with E-state index in [-0.39, 0.29) is 23.4 Å². The van der Waals surface area contributed by atoms with E-state index in [4.69, 9.17) is 9.47 Å². The van der Waals surface area contributed by atoms with Crippen molar-refractivity contribution in [2.75, 3.05) is 32.2 Å². The number of hydrogen-bond acceptors (Lipinski definition) is 7. The van der Waals surface area contributed by atoms with Crippen LogP contribution in [0.4, 0.5) is 5.82 Å². The van der Waals surface area contributed by atoms with E-state index in [2.05, 4.69) is 15.4 Å². The fourth-order valence-electron chi connectivity index (χ4n) is 2.87. The molecule has 3 heterocycles.